The Kier molecular flexibility index (Phi) is 3.51. The van der Waals surface area contributed by atoms with Gasteiger partial charge in [0.2, 0.25) is 0 Å². The number of rotatable bonds is 4. The molecule has 2 N–H and O–H groups in total. The number of hydrogen-bond acceptors (Lipinski definition) is 4. The van der Waals surface area contributed by atoms with Crippen LogP contribution in [0.5, 0.6) is 0 Å². The summed E-state index contributed by atoms with van der Waals surface area (Å²) in [5, 5.41) is 7.35. The van der Waals surface area contributed by atoms with E-state index in [1.165, 1.54) is 5.56 Å². The minimum absolute atomic E-state index is 0.0960. The van der Waals surface area contributed by atoms with Crippen molar-refractivity contribution in [2.75, 3.05) is 0 Å². The molecule has 80 valence electrons. The highest BCUT2D eigenvalue weighted by Gasteiger charge is 2.10. The lowest BCUT2D eigenvalue weighted by Crippen LogP contribution is -2.09. The topological polar surface area (TPSA) is 38.9 Å². The van der Waals surface area contributed by atoms with Crippen LogP contribution in [0.1, 0.15) is 31.5 Å². The molecule has 0 spiro atoms. The van der Waals surface area contributed by atoms with Crippen LogP contribution < -0.4 is 5.73 Å². The second-order valence-electron chi connectivity index (χ2n) is 3.48. The summed E-state index contributed by atoms with van der Waals surface area (Å²) < 4.78 is 0. The quantitative estimate of drug-likeness (QED) is 0.882. The van der Waals surface area contributed by atoms with E-state index < -0.39 is 0 Å². The summed E-state index contributed by atoms with van der Waals surface area (Å²) in [5.41, 5.74) is 8.26. The molecule has 0 amide bonds. The molecule has 0 fully saturated rings. The molecule has 0 aliphatic rings. The predicted octanol–water partition coefficient (Wildman–Crippen LogP) is 3.67. The monoisotopic (exact) mass is 238 g/mol. The van der Waals surface area contributed by atoms with Crippen LogP contribution in [0.15, 0.2) is 22.2 Å². The second kappa shape index (κ2) is 4.88. The lowest BCUT2D eigenvalue weighted by molar-refractivity contribution is 0.625. The van der Waals surface area contributed by atoms with Gasteiger partial charge in [-0.15, -0.1) is 11.3 Å². The van der Waals surface area contributed by atoms with Gasteiger partial charge in [-0.1, -0.05) is 13.3 Å². The number of nitrogens with two attached hydrogens (primary N) is 1. The third-order valence-electron chi connectivity index (χ3n) is 2.27. The first kappa shape index (κ1) is 10.8. The Hall–Kier alpha value is -0.710. The molecule has 4 heteroatoms. The fourth-order valence-electron chi connectivity index (χ4n) is 1.43. The Morgan fingerprint density at radius 3 is 3.00 bits per heavy atom. The second-order valence-corrected chi connectivity index (χ2v) is 5.12. The number of nitrogens with zero attached hydrogens (tertiary/aromatic N) is 1. The third kappa shape index (κ3) is 2.45. The van der Waals surface area contributed by atoms with Crippen molar-refractivity contribution in [2.24, 2.45) is 5.73 Å². The average Bonchev–Trinajstić information content (AvgIpc) is 2.89. The van der Waals surface area contributed by atoms with Gasteiger partial charge in [-0.25, -0.2) is 4.98 Å². The molecule has 2 aromatic heterocycles. The van der Waals surface area contributed by atoms with E-state index >= 15 is 0 Å². The molecule has 0 aliphatic carbocycles. The zero-order valence-corrected chi connectivity index (χ0v) is 10.3. The third-order valence-corrected chi connectivity index (χ3v) is 3.86. The highest BCUT2D eigenvalue weighted by atomic mass is 32.1. The lowest BCUT2D eigenvalue weighted by atomic mass is 10.1. The van der Waals surface area contributed by atoms with E-state index in [0.717, 1.165) is 23.5 Å². The van der Waals surface area contributed by atoms with E-state index in [1.807, 2.05) is 0 Å². The largest absolute Gasteiger partial charge is 0.323 e. The molecular formula is C11H14N2S2. The highest BCUT2D eigenvalue weighted by molar-refractivity contribution is 7.14. The normalized spacial score (nSPS) is 12.9. The standard InChI is InChI=1S/C11H14N2S2/c1-2-3-9(12)10-7-15-11(13-10)8-4-5-14-6-8/h4-7,9H,2-3,12H2,1H3. The maximum absolute atomic E-state index is 6.02. The Balaban J connectivity index is 2.17. The SMILES string of the molecule is CCCC(N)c1csc(-c2ccsc2)n1. The summed E-state index contributed by atoms with van der Waals surface area (Å²) in [4.78, 5) is 4.57. The fourth-order valence-corrected chi connectivity index (χ4v) is 3.03. The fraction of sp³-hybridized carbons (Fsp3) is 0.364. The number of aromatic nitrogens is 1. The van der Waals surface area contributed by atoms with Crippen molar-refractivity contribution in [1.82, 2.24) is 4.98 Å². The first-order valence-electron chi connectivity index (χ1n) is 5.05. The molecule has 0 aliphatic heterocycles. The van der Waals surface area contributed by atoms with Crippen molar-refractivity contribution < 1.29 is 0 Å². The van der Waals surface area contributed by atoms with Crippen LogP contribution in [0.3, 0.4) is 0 Å². The minimum Gasteiger partial charge on any atom is -0.323 e. The van der Waals surface area contributed by atoms with Crippen molar-refractivity contribution >= 4 is 22.7 Å². The van der Waals surface area contributed by atoms with E-state index in [4.69, 9.17) is 5.73 Å². The minimum atomic E-state index is 0.0960. The van der Waals surface area contributed by atoms with Gasteiger partial charge in [0.15, 0.2) is 0 Å². The summed E-state index contributed by atoms with van der Waals surface area (Å²) in [6.45, 7) is 2.14. The Bertz CT molecular complexity index is 406. The molecule has 1 unspecified atom stereocenters. The van der Waals surface area contributed by atoms with Gasteiger partial charge in [0.1, 0.15) is 5.01 Å². The van der Waals surface area contributed by atoms with Crippen molar-refractivity contribution in [3.05, 3.63) is 27.9 Å². The van der Waals surface area contributed by atoms with Gasteiger partial charge in [-0.3, -0.25) is 0 Å². The van der Waals surface area contributed by atoms with E-state index in [1.54, 1.807) is 22.7 Å². The van der Waals surface area contributed by atoms with E-state index in [2.05, 4.69) is 34.1 Å². The van der Waals surface area contributed by atoms with Gasteiger partial charge < -0.3 is 5.73 Å². The Morgan fingerprint density at radius 2 is 2.33 bits per heavy atom. The Morgan fingerprint density at radius 1 is 1.47 bits per heavy atom. The molecule has 0 saturated heterocycles. The predicted molar refractivity (Wildman–Crippen MR) is 67.3 cm³/mol. The number of hydrogen-bond donors (Lipinski definition) is 1. The zero-order chi connectivity index (χ0) is 10.7. The molecule has 2 nitrogen and oxygen atoms in total. The molecule has 2 rings (SSSR count). The van der Waals surface area contributed by atoms with Crippen LogP contribution in [0.2, 0.25) is 0 Å². The van der Waals surface area contributed by atoms with Gasteiger partial charge in [-0.2, -0.15) is 11.3 Å². The number of thiophene rings is 1. The van der Waals surface area contributed by atoms with Crippen molar-refractivity contribution in [3.63, 3.8) is 0 Å². The summed E-state index contributed by atoms with van der Waals surface area (Å²) in [5.74, 6) is 0. The first-order chi connectivity index (χ1) is 7.31. The maximum atomic E-state index is 6.02. The van der Waals surface area contributed by atoms with Crippen molar-refractivity contribution in [1.29, 1.82) is 0 Å². The van der Waals surface area contributed by atoms with Crippen LogP contribution in [0.4, 0.5) is 0 Å². The van der Waals surface area contributed by atoms with E-state index in [9.17, 15) is 0 Å². The van der Waals surface area contributed by atoms with Gasteiger partial charge in [0.25, 0.3) is 0 Å². The summed E-state index contributed by atoms with van der Waals surface area (Å²) in [7, 11) is 0. The van der Waals surface area contributed by atoms with Gasteiger partial charge in [-0.05, 0) is 17.9 Å². The van der Waals surface area contributed by atoms with Crippen LogP contribution in [0.25, 0.3) is 10.6 Å². The summed E-state index contributed by atoms with van der Waals surface area (Å²) in [6.07, 6.45) is 2.11. The maximum Gasteiger partial charge on any atom is 0.124 e. The van der Waals surface area contributed by atoms with Crippen LogP contribution in [-0.4, -0.2) is 4.98 Å². The van der Waals surface area contributed by atoms with Crippen molar-refractivity contribution in [3.8, 4) is 10.6 Å². The van der Waals surface area contributed by atoms with Crippen LogP contribution in [0, 0.1) is 0 Å². The number of thiazole rings is 1. The first-order valence-corrected chi connectivity index (χ1v) is 6.87. The average molecular weight is 238 g/mol. The van der Waals surface area contributed by atoms with Crippen LogP contribution in [-0.2, 0) is 0 Å². The van der Waals surface area contributed by atoms with Gasteiger partial charge >= 0.3 is 0 Å². The molecule has 0 saturated carbocycles. The van der Waals surface area contributed by atoms with Gasteiger partial charge in [0, 0.05) is 22.4 Å². The van der Waals surface area contributed by atoms with E-state index in [-0.39, 0.29) is 6.04 Å². The molecule has 0 aromatic carbocycles. The van der Waals surface area contributed by atoms with Crippen LogP contribution >= 0.6 is 22.7 Å². The highest BCUT2D eigenvalue weighted by Crippen LogP contribution is 2.28. The molecule has 2 heterocycles. The van der Waals surface area contributed by atoms with E-state index in [0.29, 0.717) is 0 Å². The molecule has 2 aromatic rings. The summed E-state index contributed by atoms with van der Waals surface area (Å²) in [6, 6.07) is 2.19. The molecular weight excluding hydrogens is 224 g/mol. The smallest absolute Gasteiger partial charge is 0.124 e. The Labute approximate surface area is 97.8 Å². The molecule has 1 atom stereocenters. The van der Waals surface area contributed by atoms with Gasteiger partial charge in [0.05, 0.1) is 5.69 Å². The molecule has 0 radical (unpaired) electrons. The summed E-state index contributed by atoms with van der Waals surface area (Å²) >= 11 is 3.37. The zero-order valence-electron chi connectivity index (χ0n) is 8.64. The van der Waals surface area contributed by atoms with Crippen molar-refractivity contribution in [2.45, 2.75) is 25.8 Å². The molecule has 0 bridgehead atoms. The molecule has 15 heavy (non-hydrogen) atoms. The lowest BCUT2D eigenvalue weighted by Gasteiger charge is -2.05.